The first-order chi connectivity index (χ1) is 17.0. The second-order valence-corrected chi connectivity index (χ2v) is 11.2. The number of nitriles is 1. The van der Waals surface area contributed by atoms with Crippen LogP contribution in [0.2, 0.25) is 0 Å². The molecule has 0 aromatic carbocycles. The van der Waals surface area contributed by atoms with Crippen molar-refractivity contribution < 1.29 is 9.26 Å². The van der Waals surface area contributed by atoms with Crippen LogP contribution in [0.3, 0.4) is 0 Å². The van der Waals surface area contributed by atoms with Gasteiger partial charge in [-0.3, -0.25) is 4.90 Å². The average molecular weight is 491 g/mol. The molecular weight excluding hydrogens is 460 g/mol. The summed E-state index contributed by atoms with van der Waals surface area (Å²) in [5.74, 6) is 1.95. The fourth-order valence-electron chi connectivity index (χ4n) is 6.54. The van der Waals surface area contributed by atoms with E-state index in [2.05, 4.69) is 35.1 Å². The lowest BCUT2D eigenvalue weighted by atomic mass is 9.63. The van der Waals surface area contributed by atoms with Crippen LogP contribution in [-0.2, 0) is 18.3 Å². The Hall–Kier alpha value is -2.96. The van der Waals surface area contributed by atoms with Gasteiger partial charge in [0.1, 0.15) is 17.2 Å². The number of fused-ring (bicyclic) bond motifs is 4. The van der Waals surface area contributed by atoms with Crippen LogP contribution >= 0.6 is 11.3 Å². The molecule has 3 aromatic rings. The van der Waals surface area contributed by atoms with Gasteiger partial charge in [-0.1, -0.05) is 5.16 Å². The monoisotopic (exact) mass is 490 g/mol. The number of nitrogens with two attached hydrogens (primary N) is 1. The molecule has 4 heterocycles. The lowest BCUT2D eigenvalue weighted by molar-refractivity contribution is 0.117. The zero-order valence-electron chi connectivity index (χ0n) is 20.2. The number of thiophene rings is 1. The van der Waals surface area contributed by atoms with Crippen LogP contribution in [0, 0.1) is 11.3 Å². The molecule has 2 N–H and O–H groups in total. The predicted molar refractivity (Wildman–Crippen MR) is 133 cm³/mol. The maximum absolute atomic E-state index is 9.90. The van der Waals surface area contributed by atoms with Crippen molar-refractivity contribution in [2.75, 3.05) is 19.3 Å². The van der Waals surface area contributed by atoms with Crippen molar-refractivity contribution in [3.8, 4) is 23.5 Å². The Balaban J connectivity index is 1.36. The number of aryl methyl sites for hydroxylation is 1. The molecule has 0 amide bonds. The highest BCUT2D eigenvalue weighted by Gasteiger charge is 2.48. The molecule has 1 spiro atoms. The highest BCUT2D eigenvalue weighted by atomic mass is 32.1. The third-order valence-electron chi connectivity index (χ3n) is 8.13. The number of hydrogen-bond acceptors (Lipinski definition) is 9. The summed E-state index contributed by atoms with van der Waals surface area (Å²) in [6.45, 7) is 3.21. The van der Waals surface area contributed by atoms with E-state index in [1.807, 2.05) is 6.07 Å². The van der Waals surface area contributed by atoms with E-state index in [4.69, 9.17) is 20.0 Å². The Morgan fingerprint density at radius 3 is 2.91 bits per heavy atom. The van der Waals surface area contributed by atoms with Crippen molar-refractivity contribution in [3.63, 3.8) is 0 Å². The summed E-state index contributed by atoms with van der Waals surface area (Å²) >= 11 is 1.55. The molecule has 8 nitrogen and oxygen atoms in total. The van der Waals surface area contributed by atoms with Gasteiger partial charge >= 0.3 is 0 Å². The average Bonchev–Trinajstić information content (AvgIpc) is 3.56. The van der Waals surface area contributed by atoms with E-state index in [0.29, 0.717) is 34.0 Å². The summed E-state index contributed by atoms with van der Waals surface area (Å²) in [6, 6.07) is 4.57. The number of hydrogen-bond donors (Lipinski definition) is 1. The van der Waals surface area contributed by atoms with Crippen molar-refractivity contribution in [2.45, 2.75) is 75.9 Å². The van der Waals surface area contributed by atoms with Gasteiger partial charge in [0.25, 0.3) is 0 Å². The van der Waals surface area contributed by atoms with Crippen LogP contribution in [0.1, 0.15) is 72.8 Å². The Kier molecular flexibility index (Phi) is 5.53. The molecule has 0 unspecified atom stereocenters. The molecule has 1 aliphatic heterocycles. The zero-order chi connectivity index (χ0) is 24.2. The summed E-state index contributed by atoms with van der Waals surface area (Å²) in [5, 5.41) is 15.0. The molecule has 35 heavy (non-hydrogen) atoms. The van der Waals surface area contributed by atoms with Crippen LogP contribution < -0.4 is 10.5 Å². The van der Waals surface area contributed by atoms with Gasteiger partial charge in [-0.2, -0.15) is 10.2 Å². The molecule has 3 atom stereocenters. The fraction of sp³-hybridized carbons (Fsp3) is 0.538. The van der Waals surface area contributed by atoms with Gasteiger partial charge < -0.3 is 15.0 Å². The minimum atomic E-state index is -0.346. The summed E-state index contributed by atoms with van der Waals surface area (Å²) in [5.41, 5.74) is 9.35. The van der Waals surface area contributed by atoms with E-state index in [-0.39, 0.29) is 11.5 Å². The number of nitrogens with zero attached hydrogens (tertiary/aromatic N) is 5. The zero-order valence-corrected chi connectivity index (χ0v) is 21.0. The summed E-state index contributed by atoms with van der Waals surface area (Å²) in [6.07, 6.45) is 9.80. The number of ether oxygens (including phenoxy) is 1. The molecule has 3 aromatic heterocycles. The third-order valence-corrected chi connectivity index (χ3v) is 9.21. The van der Waals surface area contributed by atoms with Gasteiger partial charge in [-0.05, 0) is 77.4 Å². The SMILES string of the molecule is C[C@H](Oc1ccnc(-c2noc3c2CCC[C@@]32CCCc3sc(N)c(C#N)c32)n1)[C@@H]1CCCN1C. The van der Waals surface area contributed by atoms with Gasteiger partial charge in [0.05, 0.1) is 11.0 Å². The lowest BCUT2D eigenvalue weighted by Crippen LogP contribution is -2.38. The van der Waals surface area contributed by atoms with Crippen molar-refractivity contribution in [1.82, 2.24) is 20.0 Å². The fourth-order valence-corrected chi connectivity index (χ4v) is 7.70. The van der Waals surface area contributed by atoms with E-state index in [1.54, 1.807) is 17.5 Å². The normalized spacial score (nSPS) is 24.7. The first-order valence-corrected chi connectivity index (χ1v) is 13.3. The predicted octanol–water partition coefficient (Wildman–Crippen LogP) is 4.47. The van der Waals surface area contributed by atoms with Gasteiger partial charge in [-0.15, -0.1) is 11.3 Å². The van der Waals surface area contributed by atoms with Crippen molar-refractivity contribution in [1.29, 1.82) is 5.26 Å². The molecule has 182 valence electrons. The van der Waals surface area contributed by atoms with E-state index in [1.165, 1.54) is 11.3 Å². The quantitative estimate of drug-likeness (QED) is 0.570. The summed E-state index contributed by atoms with van der Waals surface area (Å²) < 4.78 is 12.3. The molecule has 3 aliphatic rings. The number of rotatable bonds is 4. The lowest BCUT2D eigenvalue weighted by Gasteiger charge is -2.39. The van der Waals surface area contributed by atoms with E-state index >= 15 is 0 Å². The Labute approximate surface area is 209 Å². The van der Waals surface area contributed by atoms with Crippen LogP contribution in [0.25, 0.3) is 11.5 Å². The first kappa shape index (κ1) is 22.5. The maximum Gasteiger partial charge on any atom is 0.217 e. The molecule has 2 aliphatic carbocycles. The molecule has 1 fully saturated rings. The Morgan fingerprint density at radius 1 is 1.31 bits per heavy atom. The number of nitrogen functional groups attached to an aromatic ring is 1. The van der Waals surface area contributed by atoms with Gasteiger partial charge in [0.15, 0.2) is 17.3 Å². The smallest absolute Gasteiger partial charge is 0.217 e. The number of anilines is 1. The first-order valence-electron chi connectivity index (χ1n) is 12.5. The van der Waals surface area contributed by atoms with Crippen molar-refractivity contribution in [3.05, 3.63) is 39.6 Å². The molecule has 0 saturated carbocycles. The summed E-state index contributed by atoms with van der Waals surface area (Å²) in [4.78, 5) is 12.8. The van der Waals surface area contributed by atoms with Crippen LogP contribution in [0.4, 0.5) is 5.00 Å². The van der Waals surface area contributed by atoms with Crippen LogP contribution in [-0.4, -0.2) is 45.8 Å². The second kappa shape index (κ2) is 8.61. The standard InChI is InChI=1S/C26H30N6O2S/c1-15(18-7-5-13-32(18)2)33-20-9-12-29-25(30-20)22-16-6-3-10-26(23(16)34-31-22)11-4-8-19-21(26)17(14-27)24(28)35-19/h9,12,15,18H,3-8,10-11,13,28H2,1-2H3/t15-,18-,26-/m0/s1. The van der Waals surface area contributed by atoms with Crippen molar-refractivity contribution >= 4 is 16.3 Å². The van der Waals surface area contributed by atoms with Gasteiger partial charge in [0, 0.05) is 28.7 Å². The molecule has 6 rings (SSSR count). The van der Waals surface area contributed by atoms with E-state index in [9.17, 15) is 5.26 Å². The highest BCUT2D eigenvalue weighted by Crippen LogP contribution is 2.55. The minimum absolute atomic E-state index is 0.0360. The largest absolute Gasteiger partial charge is 0.473 e. The van der Waals surface area contributed by atoms with Gasteiger partial charge in [0.2, 0.25) is 5.88 Å². The number of likely N-dealkylation sites (N-methyl/N-ethyl adjacent to an activating group) is 1. The molecule has 9 heteroatoms. The third kappa shape index (κ3) is 3.54. The van der Waals surface area contributed by atoms with Crippen molar-refractivity contribution in [2.24, 2.45) is 0 Å². The molecule has 0 bridgehead atoms. The summed E-state index contributed by atoms with van der Waals surface area (Å²) in [7, 11) is 2.15. The number of likely N-dealkylation sites (tertiary alicyclic amines) is 1. The highest BCUT2D eigenvalue weighted by molar-refractivity contribution is 7.16. The molecule has 0 radical (unpaired) electrons. The van der Waals surface area contributed by atoms with Gasteiger partial charge in [-0.25, -0.2) is 4.98 Å². The number of aromatic nitrogens is 3. The van der Waals surface area contributed by atoms with E-state index < -0.39 is 0 Å². The van der Waals surface area contributed by atoms with E-state index in [0.717, 1.165) is 68.4 Å². The second-order valence-electron chi connectivity index (χ2n) is 10.1. The molecule has 1 saturated heterocycles. The van der Waals surface area contributed by atoms with Crippen LogP contribution in [0.5, 0.6) is 5.88 Å². The maximum atomic E-state index is 9.90. The molecular formula is C26H30N6O2S. The Morgan fingerprint density at radius 2 is 2.14 bits per heavy atom. The topological polar surface area (TPSA) is 114 Å². The van der Waals surface area contributed by atoms with Crippen LogP contribution in [0.15, 0.2) is 16.8 Å². The minimum Gasteiger partial charge on any atom is -0.473 e. The Bertz CT molecular complexity index is 1310.